The lowest BCUT2D eigenvalue weighted by Crippen LogP contribution is -2.12. The van der Waals surface area contributed by atoms with Crippen molar-refractivity contribution in [1.82, 2.24) is 15.5 Å². The third-order valence-electron chi connectivity index (χ3n) is 2.82. The Morgan fingerprint density at radius 3 is 2.67 bits per heavy atom. The minimum atomic E-state index is 0.525. The molecule has 7 heteroatoms. The van der Waals surface area contributed by atoms with Gasteiger partial charge in [0.1, 0.15) is 0 Å². The van der Waals surface area contributed by atoms with Gasteiger partial charge in [0.15, 0.2) is 0 Å². The van der Waals surface area contributed by atoms with Gasteiger partial charge in [0.05, 0.1) is 12.1 Å². The molecule has 0 saturated heterocycles. The van der Waals surface area contributed by atoms with E-state index < -0.39 is 0 Å². The Hall–Kier alpha value is -1.02. The van der Waals surface area contributed by atoms with Crippen LogP contribution in [0.3, 0.4) is 0 Å². The zero-order valence-corrected chi connectivity index (χ0v) is 14.8. The van der Waals surface area contributed by atoms with Crippen LogP contribution in [-0.2, 0) is 13.1 Å². The molecule has 0 aliphatic rings. The molecule has 0 fully saturated rings. The molecule has 0 aliphatic carbocycles. The second-order valence-electron chi connectivity index (χ2n) is 4.28. The highest BCUT2D eigenvalue weighted by Gasteiger charge is 2.11. The van der Waals surface area contributed by atoms with Gasteiger partial charge in [0.2, 0.25) is 11.8 Å². The van der Waals surface area contributed by atoms with Gasteiger partial charge in [-0.1, -0.05) is 12.1 Å². The highest BCUT2D eigenvalue weighted by Crippen LogP contribution is 2.26. The highest BCUT2D eigenvalue weighted by atomic mass is 79.9. The predicted molar refractivity (Wildman–Crippen MR) is 90.0 cm³/mol. The molecular formula is C14H11Br2N3OS. The lowest BCUT2D eigenvalue weighted by molar-refractivity contribution is 0.477. The largest absolute Gasteiger partial charge is 0.419 e. The summed E-state index contributed by atoms with van der Waals surface area (Å²) in [5, 5.41) is 13.5. The molecule has 0 bridgehead atoms. The van der Waals surface area contributed by atoms with Crippen LogP contribution in [0.2, 0.25) is 0 Å². The summed E-state index contributed by atoms with van der Waals surface area (Å²) in [6.45, 7) is 1.31. The highest BCUT2D eigenvalue weighted by molar-refractivity contribution is 9.11. The molecule has 0 unspecified atom stereocenters. The first kappa shape index (κ1) is 14.9. The second-order valence-corrected chi connectivity index (χ2v) is 6.99. The van der Waals surface area contributed by atoms with Crippen molar-refractivity contribution in [2.75, 3.05) is 0 Å². The van der Waals surface area contributed by atoms with Crippen molar-refractivity contribution in [2.24, 2.45) is 0 Å². The van der Waals surface area contributed by atoms with E-state index in [-0.39, 0.29) is 0 Å². The van der Waals surface area contributed by atoms with Gasteiger partial charge >= 0.3 is 0 Å². The maximum atomic E-state index is 5.68. The van der Waals surface area contributed by atoms with Crippen molar-refractivity contribution in [3.63, 3.8) is 0 Å². The maximum Gasteiger partial charge on any atom is 0.248 e. The molecular weight excluding hydrogens is 418 g/mol. The van der Waals surface area contributed by atoms with Crippen LogP contribution >= 0.6 is 43.2 Å². The zero-order valence-electron chi connectivity index (χ0n) is 10.8. The van der Waals surface area contributed by atoms with Gasteiger partial charge in [-0.2, -0.15) is 0 Å². The fourth-order valence-electron chi connectivity index (χ4n) is 1.80. The topological polar surface area (TPSA) is 51.0 Å². The summed E-state index contributed by atoms with van der Waals surface area (Å²) in [5.74, 6) is 1.10. The molecule has 21 heavy (non-hydrogen) atoms. The Morgan fingerprint density at radius 2 is 1.90 bits per heavy atom. The summed E-state index contributed by atoms with van der Waals surface area (Å²) >= 11 is 8.70. The van der Waals surface area contributed by atoms with Crippen LogP contribution in [0, 0.1) is 0 Å². The SMILES string of the molecule is Brc1ccccc1-c1nnc(CNCc2sccc2Br)o1. The van der Waals surface area contributed by atoms with Gasteiger partial charge < -0.3 is 9.73 Å². The third-order valence-corrected chi connectivity index (χ3v) is 5.44. The monoisotopic (exact) mass is 427 g/mol. The van der Waals surface area contributed by atoms with Gasteiger partial charge in [-0.15, -0.1) is 21.5 Å². The summed E-state index contributed by atoms with van der Waals surface area (Å²) in [6, 6.07) is 9.82. The van der Waals surface area contributed by atoms with Crippen molar-refractivity contribution in [1.29, 1.82) is 0 Å². The molecule has 0 saturated carbocycles. The molecule has 3 aromatic rings. The summed E-state index contributed by atoms with van der Waals surface area (Å²) in [4.78, 5) is 1.25. The van der Waals surface area contributed by atoms with E-state index in [1.807, 2.05) is 30.3 Å². The number of nitrogens with zero attached hydrogens (tertiary/aromatic N) is 2. The zero-order chi connectivity index (χ0) is 14.7. The minimum Gasteiger partial charge on any atom is -0.419 e. The molecule has 0 spiro atoms. The first-order valence-electron chi connectivity index (χ1n) is 6.24. The Balaban J connectivity index is 1.63. The number of aromatic nitrogens is 2. The van der Waals surface area contributed by atoms with Crippen LogP contribution in [0.15, 0.2) is 49.1 Å². The molecule has 4 nitrogen and oxygen atoms in total. The molecule has 108 valence electrons. The average molecular weight is 429 g/mol. The lowest BCUT2D eigenvalue weighted by atomic mass is 10.2. The molecule has 2 aromatic heterocycles. The van der Waals surface area contributed by atoms with Gasteiger partial charge in [-0.3, -0.25) is 0 Å². The summed E-state index contributed by atoms with van der Waals surface area (Å²) < 4.78 is 7.74. The maximum absolute atomic E-state index is 5.68. The van der Waals surface area contributed by atoms with Crippen molar-refractivity contribution >= 4 is 43.2 Å². The fourth-order valence-corrected chi connectivity index (χ4v) is 3.72. The van der Waals surface area contributed by atoms with E-state index >= 15 is 0 Å². The Morgan fingerprint density at radius 1 is 1.05 bits per heavy atom. The normalized spacial score (nSPS) is 11.0. The number of hydrogen-bond acceptors (Lipinski definition) is 5. The van der Waals surface area contributed by atoms with Crippen LogP contribution in [-0.4, -0.2) is 10.2 Å². The van der Waals surface area contributed by atoms with Crippen LogP contribution < -0.4 is 5.32 Å². The van der Waals surface area contributed by atoms with Crippen molar-refractivity contribution in [2.45, 2.75) is 13.1 Å². The van der Waals surface area contributed by atoms with Crippen molar-refractivity contribution < 1.29 is 4.42 Å². The Kier molecular flexibility index (Phi) is 4.84. The predicted octanol–water partition coefficient (Wildman–Crippen LogP) is 4.61. The number of rotatable bonds is 5. The van der Waals surface area contributed by atoms with Crippen LogP contribution in [0.5, 0.6) is 0 Å². The first-order valence-corrected chi connectivity index (χ1v) is 8.70. The van der Waals surface area contributed by atoms with E-state index in [0.29, 0.717) is 18.3 Å². The van der Waals surface area contributed by atoms with Gasteiger partial charge in [0.25, 0.3) is 0 Å². The van der Waals surface area contributed by atoms with E-state index in [9.17, 15) is 0 Å². The lowest BCUT2D eigenvalue weighted by Gasteiger charge is -2.00. The smallest absolute Gasteiger partial charge is 0.248 e. The molecule has 2 heterocycles. The Bertz CT molecular complexity index is 741. The number of nitrogens with one attached hydrogen (secondary N) is 1. The van der Waals surface area contributed by atoms with Crippen molar-refractivity contribution in [3.8, 4) is 11.5 Å². The Labute approximate surface area is 142 Å². The van der Waals surface area contributed by atoms with E-state index in [4.69, 9.17) is 4.42 Å². The van der Waals surface area contributed by atoms with Gasteiger partial charge in [-0.05, 0) is 55.4 Å². The molecule has 1 aromatic carbocycles. The van der Waals surface area contributed by atoms with Gasteiger partial charge in [-0.25, -0.2) is 0 Å². The van der Waals surface area contributed by atoms with E-state index in [2.05, 4.69) is 52.8 Å². The molecule has 0 amide bonds. The number of thiophene rings is 1. The first-order chi connectivity index (χ1) is 10.2. The van der Waals surface area contributed by atoms with Crippen LogP contribution in [0.1, 0.15) is 10.8 Å². The summed E-state index contributed by atoms with van der Waals surface area (Å²) in [6.07, 6.45) is 0. The average Bonchev–Trinajstić information content (AvgIpc) is 3.10. The van der Waals surface area contributed by atoms with E-state index in [0.717, 1.165) is 21.1 Å². The molecule has 1 N–H and O–H groups in total. The van der Waals surface area contributed by atoms with Crippen molar-refractivity contribution in [3.05, 3.63) is 55.4 Å². The quantitative estimate of drug-likeness (QED) is 0.644. The standard InChI is InChI=1S/C14H11Br2N3OS/c15-10-4-2-1-3-9(10)14-19-18-13(20-14)8-17-7-12-11(16)5-6-21-12/h1-6,17H,7-8H2. The molecule has 0 radical (unpaired) electrons. The van der Waals surface area contributed by atoms with E-state index in [1.165, 1.54) is 4.88 Å². The molecule has 3 rings (SSSR count). The number of benzene rings is 1. The number of halogens is 2. The molecule has 0 atom stereocenters. The summed E-state index contributed by atoms with van der Waals surface area (Å²) in [5.41, 5.74) is 0.900. The fraction of sp³-hybridized carbons (Fsp3) is 0.143. The third kappa shape index (κ3) is 3.60. The second kappa shape index (κ2) is 6.83. The van der Waals surface area contributed by atoms with Gasteiger partial charge in [0, 0.05) is 20.4 Å². The minimum absolute atomic E-state index is 0.525. The van der Waals surface area contributed by atoms with Crippen LogP contribution in [0.25, 0.3) is 11.5 Å². The number of hydrogen-bond donors (Lipinski definition) is 1. The summed E-state index contributed by atoms with van der Waals surface area (Å²) in [7, 11) is 0. The molecule has 0 aliphatic heterocycles. The van der Waals surface area contributed by atoms with E-state index in [1.54, 1.807) is 11.3 Å². The van der Waals surface area contributed by atoms with Crippen LogP contribution in [0.4, 0.5) is 0 Å².